The number of imidazole rings is 1. The van der Waals surface area contributed by atoms with E-state index in [1.54, 1.807) is 18.2 Å². The topological polar surface area (TPSA) is 46.9 Å². The number of halogens is 5. The number of anilines is 1. The van der Waals surface area contributed by atoms with Gasteiger partial charge < -0.3 is 9.88 Å². The highest BCUT2D eigenvalue weighted by atomic mass is 35.5. The van der Waals surface area contributed by atoms with E-state index < -0.39 is 24.5 Å². The minimum atomic E-state index is -4.69. The molecule has 0 saturated heterocycles. The molecule has 9 heteroatoms. The van der Waals surface area contributed by atoms with Crippen molar-refractivity contribution in [2.75, 3.05) is 5.32 Å². The average Bonchev–Trinajstić information content (AvgIpc) is 2.90. The highest BCUT2D eigenvalue weighted by Crippen LogP contribution is 2.32. The van der Waals surface area contributed by atoms with Gasteiger partial charge in [-0.3, -0.25) is 4.79 Å². The Morgan fingerprint density at radius 3 is 2.36 bits per heavy atom. The van der Waals surface area contributed by atoms with E-state index in [0.29, 0.717) is 0 Å². The molecular weight excluding hydrogens is 378 g/mol. The molecule has 0 spiro atoms. The van der Waals surface area contributed by atoms with Crippen molar-refractivity contribution in [3.63, 3.8) is 0 Å². The third-order valence-corrected chi connectivity index (χ3v) is 4.07. The quantitative estimate of drug-likeness (QED) is 0.687. The maximum absolute atomic E-state index is 13.2. The van der Waals surface area contributed by atoms with E-state index >= 15 is 0 Å². The summed E-state index contributed by atoms with van der Waals surface area (Å²) in [6, 6.07) is 10.7. The van der Waals surface area contributed by atoms with Gasteiger partial charge in [0.15, 0.2) is 0 Å². The van der Waals surface area contributed by atoms with Crippen molar-refractivity contribution in [3.05, 3.63) is 58.3 Å². The number of amides is 1. The summed E-state index contributed by atoms with van der Waals surface area (Å²) in [5.74, 6) is -1.85. The summed E-state index contributed by atoms with van der Waals surface area (Å²) in [5, 5.41) is 2.82. The summed E-state index contributed by atoms with van der Waals surface area (Å²) < 4.78 is 40.5. The van der Waals surface area contributed by atoms with Gasteiger partial charge in [-0.25, -0.2) is 4.98 Å². The van der Waals surface area contributed by atoms with Crippen LogP contribution >= 0.6 is 23.2 Å². The number of para-hydroxylation sites is 3. The second-order valence-corrected chi connectivity index (χ2v) is 5.97. The van der Waals surface area contributed by atoms with E-state index in [1.807, 2.05) is 0 Å². The Kier molecular flexibility index (Phi) is 4.62. The van der Waals surface area contributed by atoms with E-state index in [9.17, 15) is 18.0 Å². The number of fused-ring (bicyclic) bond motifs is 1. The molecule has 4 nitrogen and oxygen atoms in total. The van der Waals surface area contributed by atoms with Crippen molar-refractivity contribution in [3.8, 4) is 0 Å². The number of hydrogen-bond acceptors (Lipinski definition) is 2. The fourth-order valence-corrected chi connectivity index (χ4v) is 2.88. The maximum Gasteiger partial charge on any atom is 0.449 e. The molecule has 2 aromatic carbocycles. The number of nitrogens with zero attached hydrogens (tertiary/aromatic N) is 2. The van der Waals surface area contributed by atoms with Gasteiger partial charge in [0.2, 0.25) is 11.7 Å². The molecule has 1 amide bonds. The van der Waals surface area contributed by atoms with Crippen LogP contribution < -0.4 is 5.32 Å². The molecule has 0 fully saturated rings. The van der Waals surface area contributed by atoms with Gasteiger partial charge in [-0.05, 0) is 24.3 Å². The highest BCUT2D eigenvalue weighted by Gasteiger charge is 2.38. The van der Waals surface area contributed by atoms with Crippen molar-refractivity contribution in [1.29, 1.82) is 0 Å². The summed E-state index contributed by atoms with van der Waals surface area (Å²) in [6.07, 6.45) is -4.69. The molecule has 3 rings (SSSR count). The van der Waals surface area contributed by atoms with Crippen LogP contribution in [0.2, 0.25) is 10.0 Å². The summed E-state index contributed by atoms with van der Waals surface area (Å²) >= 11 is 11.9. The molecule has 3 aromatic rings. The second-order valence-electron chi connectivity index (χ2n) is 5.15. The first-order valence-corrected chi connectivity index (χ1v) is 7.79. The van der Waals surface area contributed by atoms with Crippen LogP contribution in [0.15, 0.2) is 42.5 Å². The Hall–Kier alpha value is -2.25. The second kappa shape index (κ2) is 6.57. The first-order valence-electron chi connectivity index (χ1n) is 7.03. The Labute approximate surface area is 150 Å². The number of carbonyl (C=O) groups is 1. The molecule has 0 unspecified atom stereocenters. The molecule has 1 N–H and O–H groups in total. The molecule has 0 atom stereocenters. The van der Waals surface area contributed by atoms with Crippen LogP contribution in [0.3, 0.4) is 0 Å². The largest absolute Gasteiger partial charge is 0.449 e. The van der Waals surface area contributed by atoms with Gasteiger partial charge in [-0.2, -0.15) is 13.2 Å². The maximum atomic E-state index is 13.2. The van der Waals surface area contributed by atoms with Crippen LogP contribution in [0, 0.1) is 0 Å². The molecule has 0 radical (unpaired) electrons. The molecule has 0 saturated carbocycles. The fraction of sp³-hybridized carbons (Fsp3) is 0.125. The zero-order valence-corrected chi connectivity index (χ0v) is 14.0. The fourth-order valence-electron chi connectivity index (χ4n) is 2.39. The van der Waals surface area contributed by atoms with Crippen molar-refractivity contribution in [2.45, 2.75) is 12.7 Å². The smallest absolute Gasteiger partial charge is 0.322 e. The van der Waals surface area contributed by atoms with Gasteiger partial charge >= 0.3 is 6.18 Å². The molecule has 0 aliphatic rings. The van der Waals surface area contributed by atoms with Gasteiger partial charge in [0.1, 0.15) is 6.54 Å². The predicted octanol–water partition coefficient (Wildman–Crippen LogP) is 5.00. The molecule has 25 heavy (non-hydrogen) atoms. The summed E-state index contributed by atoms with van der Waals surface area (Å²) in [5.41, 5.74) is 0.502. The first-order chi connectivity index (χ1) is 11.8. The summed E-state index contributed by atoms with van der Waals surface area (Å²) in [7, 11) is 0. The Morgan fingerprint density at radius 2 is 1.72 bits per heavy atom. The van der Waals surface area contributed by atoms with Crippen LogP contribution in [0.25, 0.3) is 11.0 Å². The van der Waals surface area contributed by atoms with Crippen LogP contribution in [0.4, 0.5) is 18.9 Å². The summed E-state index contributed by atoms with van der Waals surface area (Å²) in [6.45, 7) is -0.586. The van der Waals surface area contributed by atoms with E-state index in [0.717, 1.165) is 4.57 Å². The first kappa shape index (κ1) is 17.6. The van der Waals surface area contributed by atoms with Gasteiger partial charge in [-0.15, -0.1) is 0 Å². The van der Waals surface area contributed by atoms with Gasteiger partial charge in [-0.1, -0.05) is 41.4 Å². The van der Waals surface area contributed by atoms with Crippen molar-refractivity contribution < 1.29 is 18.0 Å². The number of alkyl halides is 3. The lowest BCUT2D eigenvalue weighted by atomic mass is 10.3. The zero-order valence-electron chi connectivity index (χ0n) is 12.4. The Morgan fingerprint density at radius 1 is 1.08 bits per heavy atom. The number of nitrogens with one attached hydrogen (secondary N) is 1. The van der Waals surface area contributed by atoms with E-state index in [2.05, 4.69) is 10.3 Å². The predicted molar refractivity (Wildman–Crippen MR) is 89.8 cm³/mol. The van der Waals surface area contributed by atoms with Crippen LogP contribution in [0.1, 0.15) is 5.82 Å². The molecule has 0 aliphatic carbocycles. The minimum Gasteiger partial charge on any atom is -0.322 e. The SMILES string of the molecule is O=C(Cn1c(C(F)(F)F)nc2ccccc21)Nc1c(Cl)cccc1Cl. The Bertz CT molecular complexity index is 933. The van der Waals surface area contributed by atoms with Gasteiger partial charge in [0.05, 0.1) is 26.8 Å². The lowest BCUT2D eigenvalue weighted by molar-refractivity contribution is -0.147. The minimum absolute atomic E-state index is 0.147. The molecule has 0 aliphatic heterocycles. The van der Waals surface area contributed by atoms with Crippen LogP contribution in [-0.2, 0) is 17.5 Å². The van der Waals surface area contributed by atoms with E-state index in [-0.39, 0.29) is 26.8 Å². The van der Waals surface area contributed by atoms with Gasteiger partial charge in [0, 0.05) is 0 Å². The third kappa shape index (κ3) is 3.57. The van der Waals surface area contributed by atoms with Crippen molar-refractivity contribution in [1.82, 2.24) is 9.55 Å². The van der Waals surface area contributed by atoms with Crippen molar-refractivity contribution in [2.24, 2.45) is 0 Å². The van der Waals surface area contributed by atoms with E-state index in [1.165, 1.54) is 24.3 Å². The average molecular weight is 388 g/mol. The van der Waals surface area contributed by atoms with E-state index in [4.69, 9.17) is 23.2 Å². The van der Waals surface area contributed by atoms with Crippen LogP contribution in [0.5, 0.6) is 0 Å². The number of carbonyl (C=O) groups excluding carboxylic acids is 1. The number of benzene rings is 2. The lowest BCUT2D eigenvalue weighted by Crippen LogP contribution is -2.23. The Balaban J connectivity index is 1.96. The monoisotopic (exact) mass is 387 g/mol. The molecule has 1 heterocycles. The standard InChI is InChI=1S/C16H10Cl2F3N3O/c17-9-4-3-5-10(18)14(9)23-13(25)8-24-12-7-2-1-6-11(12)22-15(24)16(19,20)21/h1-7H,8H2,(H,23,25). The lowest BCUT2D eigenvalue weighted by Gasteiger charge is -2.13. The molecular formula is C16H10Cl2F3N3O. The molecule has 0 bridgehead atoms. The third-order valence-electron chi connectivity index (χ3n) is 3.44. The summed E-state index contributed by atoms with van der Waals surface area (Å²) in [4.78, 5) is 15.8. The zero-order chi connectivity index (χ0) is 18.2. The molecule has 130 valence electrons. The highest BCUT2D eigenvalue weighted by molar-refractivity contribution is 6.39. The molecule has 1 aromatic heterocycles. The van der Waals surface area contributed by atoms with Crippen LogP contribution in [-0.4, -0.2) is 15.5 Å². The van der Waals surface area contributed by atoms with Gasteiger partial charge in [0.25, 0.3) is 0 Å². The number of aromatic nitrogens is 2. The number of hydrogen-bond donors (Lipinski definition) is 1. The van der Waals surface area contributed by atoms with Crippen molar-refractivity contribution >= 4 is 45.8 Å². The number of rotatable bonds is 3. The normalized spacial score (nSPS) is 11.7.